The Morgan fingerprint density at radius 3 is 2.48 bits per heavy atom. The van der Waals surface area contributed by atoms with Crippen LogP contribution in [0, 0.1) is 0 Å². The molecule has 27 heavy (non-hydrogen) atoms. The molecule has 2 N–H and O–H groups in total. The van der Waals surface area contributed by atoms with Gasteiger partial charge in [0.15, 0.2) is 11.5 Å². The number of hydrogen-bond acceptors (Lipinski definition) is 4. The summed E-state index contributed by atoms with van der Waals surface area (Å²) in [7, 11) is 3.07. The van der Waals surface area contributed by atoms with E-state index in [4.69, 9.17) is 9.47 Å². The molecule has 2 aromatic rings. The number of ether oxygens (including phenoxy) is 2. The summed E-state index contributed by atoms with van der Waals surface area (Å²) in [5.74, 6) is -0.430. The maximum absolute atomic E-state index is 13.0. The molecule has 1 aliphatic rings. The number of carboxylic acids is 1. The van der Waals surface area contributed by atoms with Crippen molar-refractivity contribution in [2.75, 3.05) is 24.4 Å². The Balaban J connectivity index is 1.90. The van der Waals surface area contributed by atoms with Crippen molar-refractivity contribution in [2.45, 2.75) is 25.3 Å². The van der Waals surface area contributed by atoms with Gasteiger partial charge in [0.2, 0.25) is 0 Å². The van der Waals surface area contributed by atoms with Crippen LogP contribution in [0.25, 0.3) is 0 Å². The summed E-state index contributed by atoms with van der Waals surface area (Å²) in [6.07, 6.45) is 0.353. The van der Waals surface area contributed by atoms with Gasteiger partial charge in [-0.1, -0.05) is 18.2 Å². The Labute approximate surface area is 157 Å². The number of rotatable bonds is 4. The van der Waals surface area contributed by atoms with Crippen LogP contribution in [-0.2, 0) is 4.79 Å². The fourth-order valence-corrected chi connectivity index (χ4v) is 3.45. The lowest BCUT2D eigenvalue weighted by Gasteiger charge is -2.37. The first-order valence-corrected chi connectivity index (χ1v) is 8.60. The molecule has 0 spiro atoms. The van der Waals surface area contributed by atoms with Crippen LogP contribution in [0.15, 0.2) is 42.5 Å². The van der Waals surface area contributed by atoms with Gasteiger partial charge in [0, 0.05) is 23.5 Å². The fraction of sp³-hybridized carbons (Fsp3) is 0.300. The summed E-state index contributed by atoms with van der Waals surface area (Å²) in [6, 6.07) is 11.6. The van der Waals surface area contributed by atoms with Crippen LogP contribution >= 0.6 is 0 Å². The lowest BCUT2D eigenvalue weighted by molar-refractivity contribution is -0.139. The molecule has 0 fully saturated rings. The molecule has 7 heteroatoms. The van der Waals surface area contributed by atoms with Crippen molar-refractivity contribution in [1.82, 2.24) is 0 Å². The van der Waals surface area contributed by atoms with E-state index >= 15 is 0 Å². The predicted octanol–water partition coefficient (Wildman–Crippen LogP) is 3.70. The molecule has 142 valence electrons. The highest BCUT2D eigenvalue weighted by molar-refractivity contribution is 6.04. The Bertz CT molecular complexity index is 867. The first-order valence-electron chi connectivity index (χ1n) is 8.60. The van der Waals surface area contributed by atoms with Gasteiger partial charge in [-0.25, -0.2) is 4.79 Å². The smallest absolute Gasteiger partial charge is 0.326 e. The van der Waals surface area contributed by atoms with E-state index in [-0.39, 0.29) is 12.1 Å². The lowest BCUT2D eigenvalue weighted by atomic mass is 9.86. The molecular weight excluding hydrogens is 348 g/mol. The zero-order valence-corrected chi connectivity index (χ0v) is 15.4. The number of anilines is 2. The molecule has 0 radical (unpaired) electrons. The Morgan fingerprint density at radius 2 is 1.81 bits per heavy atom. The normalized spacial score (nSPS) is 18.4. The summed E-state index contributed by atoms with van der Waals surface area (Å²) < 4.78 is 10.5. The van der Waals surface area contributed by atoms with E-state index in [9.17, 15) is 14.7 Å². The minimum absolute atomic E-state index is 0.263. The van der Waals surface area contributed by atoms with E-state index in [0.29, 0.717) is 34.9 Å². The van der Waals surface area contributed by atoms with E-state index in [1.54, 1.807) is 54.5 Å². The fourth-order valence-electron chi connectivity index (χ4n) is 3.45. The molecule has 3 rings (SSSR count). The zero-order valence-electron chi connectivity index (χ0n) is 15.4. The van der Waals surface area contributed by atoms with Gasteiger partial charge >= 0.3 is 12.0 Å². The number of nitrogens with zero attached hydrogens (tertiary/aromatic N) is 1. The number of benzene rings is 2. The Hall–Kier alpha value is -3.22. The van der Waals surface area contributed by atoms with Gasteiger partial charge in [-0.15, -0.1) is 0 Å². The quantitative estimate of drug-likeness (QED) is 0.857. The molecular formula is C20H22N2O5. The van der Waals surface area contributed by atoms with E-state index in [2.05, 4.69) is 5.32 Å². The van der Waals surface area contributed by atoms with E-state index in [1.807, 2.05) is 6.92 Å². The van der Waals surface area contributed by atoms with Crippen LogP contribution in [0.5, 0.6) is 11.5 Å². The number of hydrogen-bond donors (Lipinski definition) is 2. The zero-order chi connectivity index (χ0) is 19.6. The average molecular weight is 370 g/mol. The largest absolute Gasteiger partial charge is 0.493 e. The first-order chi connectivity index (χ1) is 13.0. The van der Waals surface area contributed by atoms with Gasteiger partial charge in [0.1, 0.15) is 0 Å². The molecule has 0 aromatic heterocycles. The Kier molecular flexibility index (Phi) is 5.21. The van der Waals surface area contributed by atoms with Crippen molar-refractivity contribution >= 4 is 23.4 Å². The molecule has 2 atom stereocenters. The molecule has 2 amide bonds. The van der Waals surface area contributed by atoms with Crippen molar-refractivity contribution in [1.29, 1.82) is 0 Å². The number of carbonyl (C=O) groups excluding carboxylic acids is 1. The summed E-state index contributed by atoms with van der Waals surface area (Å²) >= 11 is 0. The van der Waals surface area contributed by atoms with Crippen LogP contribution in [-0.4, -0.2) is 37.4 Å². The second kappa shape index (κ2) is 7.57. The number of urea groups is 1. The highest BCUT2D eigenvalue weighted by Gasteiger charge is 2.36. The van der Waals surface area contributed by atoms with Gasteiger partial charge < -0.3 is 19.9 Å². The van der Waals surface area contributed by atoms with Crippen molar-refractivity contribution in [2.24, 2.45) is 0 Å². The second-order valence-corrected chi connectivity index (χ2v) is 6.40. The standard InChI is InChI=1S/C20H22N2O5/c1-12-10-15(19(23)24)14-6-4-5-7-16(14)22(12)20(25)21-13-8-9-17(26-2)18(11-13)27-3/h4-9,11-12,15H,10H2,1-3H3,(H,21,25)(H,23,24). The van der Waals surface area contributed by atoms with Crippen molar-refractivity contribution in [3.63, 3.8) is 0 Å². The number of amides is 2. The number of para-hydroxylation sites is 1. The molecule has 0 bridgehead atoms. The monoisotopic (exact) mass is 370 g/mol. The van der Waals surface area contributed by atoms with Crippen LogP contribution < -0.4 is 19.7 Å². The molecule has 0 saturated heterocycles. The predicted molar refractivity (Wildman–Crippen MR) is 102 cm³/mol. The molecule has 0 saturated carbocycles. The highest BCUT2D eigenvalue weighted by Crippen LogP contribution is 2.39. The molecule has 7 nitrogen and oxygen atoms in total. The first kappa shape index (κ1) is 18.6. The maximum atomic E-state index is 13.0. The summed E-state index contributed by atoms with van der Waals surface area (Å²) in [6.45, 7) is 1.85. The number of carboxylic acid groups (broad SMARTS) is 1. The third kappa shape index (κ3) is 3.53. The van der Waals surface area contributed by atoms with Crippen LogP contribution in [0.4, 0.5) is 16.2 Å². The maximum Gasteiger partial charge on any atom is 0.326 e. The van der Waals surface area contributed by atoms with Gasteiger partial charge in [-0.3, -0.25) is 9.69 Å². The van der Waals surface area contributed by atoms with Crippen LogP contribution in [0.3, 0.4) is 0 Å². The number of carbonyl (C=O) groups is 2. The highest BCUT2D eigenvalue weighted by atomic mass is 16.5. The lowest BCUT2D eigenvalue weighted by Crippen LogP contribution is -2.46. The minimum atomic E-state index is -0.880. The molecule has 2 aromatic carbocycles. The van der Waals surface area contributed by atoms with E-state index in [0.717, 1.165) is 0 Å². The summed E-state index contributed by atoms with van der Waals surface area (Å²) in [5, 5.41) is 12.4. The number of methoxy groups -OCH3 is 2. The average Bonchev–Trinajstić information content (AvgIpc) is 2.66. The molecule has 2 unspecified atom stereocenters. The van der Waals surface area contributed by atoms with E-state index < -0.39 is 11.9 Å². The van der Waals surface area contributed by atoms with E-state index in [1.165, 1.54) is 7.11 Å². The topological polar surface area (TPSA) is 88.1 Å². The molecule has 1 aliphatic heterocycles. The van der Waals surface area contributed by atoms with Crippen LogP contribution in [0.1, 0.15) is 24.8 Å². The summed E-state index contributed by atoms with van der Waals surface area (Å²) in [4.78, 5) is 26.2. The third-order valence-corrected chi connectivity index (χ3v) is 4.74. The Morgan fingerprint density at radius 1 is 1.11 bits per heavy atom. The van der Waals surface area contributed by atoms with Crippen molar-refractivity contribution < 1.29 is 24.2 Å². The minimum Gasteiger partial charge on any atom is -0.493 e. The number of aliphatic carboxylic acids is 1. The van der Waals surface area contributed by atoms with Gasteiger partial charge in [0.25, 0.3) is 0 Å². The SMILES string of the molecule is COc1ccc(NC(=O)N2c3ccccc3C(C(=O)O)CC2C)cc1OC. The summed E-state index contributed by atoms with van der Waals surface area (Å²) in [5.41, 5.74) is 1.81. The van der Waals surface area contributed by atoms with Gasteiger partial charge in [-0.05, 0) is 37.1 Å². The third-order valence-electron chi connectivity index (χ3n) is 4.74. The molecule has 1 heterocycles. The number of fused-ring (bicyclic) bond motifs is 1. The second-order valence-electron chi connectivity index (χ2n) is 6.40. The van der Waals surface area contributed by atoms with Gasteiger partial charge in [0.05, 0.1) is 20.1 Å². The van der Waals surface area contributed by atoms with Gasteiger partial charge in [-0.2, -0.15) is 0 Å². The van der Waals surface area contributed by atoms with Crippen LogP contribution in [0.2, 0.25) is 0 Å². The molecule has 0 aliphatic carbocycles. The van der Waals surface area contributed by atoms with Crippen molar-refractivity contribution in [3.05, 3.63) is 48.0 Å². The van der Waals surface area contributed by atoms with Crippen molar-refractivity contribution in [3.8, 4) is 11.5 Å². The number of nitrogens with one attached hydrogen (secondary N) is 1.